The molecule has 0 saturated heterocycles. The van der Waals surface area contributed by atoms with Crippen LogP contribution in [0.2, 0.25) is 0 Å². The summed E-state index contributed by atoms with van der Waals surface area (Å²) >= 11 is 0. The van der Waals surface area contributed by atoms with E-state index in [-0.39, 0.29) is 0 Å². The molecule has 0 bridgehead atoms. The summed E-state index contributed by atoms with van der Waals surface area (Å²) in [4.78, 5) is 11.2. The Hall–Kier alpha value is -1.51. The van der Waals surface area contributed by atoms with Crippen LogP contribution in [0.3, 0.4) is 0 Å². The molecular formula is C12H12O3. The molecule has 1 aliphatic carbocycles. The second-order valence-electron chi connectivity index (χ2n) is 4.09. The minimum atomic E-state index is 0.308. The van der Waals surface area contributed by atoms with Crippen LogP contribution in [0, 0.1) is 0 Å². The predicted molar refractivity (Wildman–Crippen MR) is 54.2 cm³/mol. The van der Waals surface area contributed by atoms with Crippen LogP contribution in [-0.2, 0) is 4.79 Å². The molecular weight excluding hydrogens is 192 g/mol. The Kier molecular flexibility index (Phi) is 1.91. The number of fused-ring (bicyclic) bond motifs is 1. The fourth-order valence-corrected chi connectivity index (χ4v) is 2.27. The molecule has 78 valence electrons. The van der Waals surface area contributed by atoms with E-state index in [1.54, 1.807) is 0 Å². The van der Waals surface area contributed by atoms with Gasteiger partial charge in [-0.25, -0.2) is 0 Å². The predicted octanol–water partition coefficient (Wildman–Crippen LogP) is 2.25. The molecule has 0 aromatic heterocycles. The van der Waals surface area contributed by atoms with Gasteiger partial charge in [-0.3, -0.25) is 4.79 Å². The Morgan fingerprint density at radius 2 is 2.07 bits per heavy atom. The molecule has 3 heteroatoms. The fourth-order valence-electron chi connectivity index (χ4n) is 2.27. The molecule has 0 N–H and O–H groups in total. The van der Waals surface area contributed by atoms with Gasteiger partial charge in [-0.1, -0.05) is 6.07 Å². The lowest BCUT2D eigenvalue weighted by Crippen LogP contribution is -1.94. The van der Waals surface area contributed by atoms with Crippen LogP contribution in [0.15, 0.2) is 18.2 Å². The second-order valence-corrected chi connectivity index (χ2v) is 4.09. The number of ether oxygens (including phenoxy) is 2. The van der Waals surface area contributed by atoms with Gasteiger partial charge < -0.3 is 9.47 Å². The third-order valence-electron chi connectivity index (χ3n) is 3.11. The monoisotopic (exact) mass is 204 g/mol. The second kappa shape index (κ2) is 3.26. The highest BCUT2D eigenvalue weighted by Gasteiger charge is 2.25. The molecule has 1 aromatic rings. The first-order valence-electron chi connectivity index (χ1n) is 5.24. The minimum Gasteiger partial charge on any atom is -0.454 e. The molecule has 1 fully saturated rings. The molecule has 1 aliphatic heterocycles. The molecule has 1 heterocycles. The number of ketones is 1. The van der Waals surface area contributed by atoms with Crippen molar-refractivity contribution >= 4 is 5.78 Å². The molecule has 1 aromatic carbocycles. The van der Waals surface area contributed by atoms with Crippen molar-refractivity contribution in [2.24, 2.45) is 0 Å². The Labute approximate surface area is 88.0 Å². The third-order valence-corrected chi connectivity index (χ3v) is 3.11. The first kappa shape index (κ1) is 8.77. The number of Topliss-reactive ketones (excluding diaryl/α,β-unsaturated/α-hetero) is 1. The van der Waals surface area contributed by atoms with Gasteiger partial charge in [-0.2, -0.15) is 0 Å². The van der Waals surface area contributed by atoms with E-state index in [0.717, 1.165) is 24.3 Å². The molecule has 1 saturated carbocycles. The van der Waals surface area contributed by atoms with Crippen LogP contribution in [0.1, 0.15) is 30.7 Å². The summed E-state index contributed by atoms with van der Waals surface area (Å²) in [5.41, 5.74) is 1.20. The summed E-state index contributed by atoms with van der Waals surface area (Å²) in [6, 6.07) is 5.98. The molecule has 0 radical (unpaired) electrons. The van der Waals surface area contributed by atoms with Crippen molar-refractivity contribution in [1.82, 2.24) is 0 Å². The quantitative estimate of drug-likeness (QED) is 0.703. The van der Waals surface area contributed by atoms with Crippen molar-refractivity contribution in [1.29, 1.82) is 0 Å². The fraction of sp³-hybridized carbons (Fsp3) is 0.417. The van der Waals surface area contributed by atoms with Crippen LogP contribution >= 0.6 is 0 Å². The van der Waals surface area contributed by atoms with Crippen molar-refractivity contribution in [2.75, 3.05) is 6.79 Å². The molecule has 1 atom stereocenters. The number of benzene rings is 1. The van der Waals surface area contributed by atoms with Crippen LogP contribution in [0.4, 0.5) is 0 Å². The van der Waals surface area contributed by atoms with Gasteiger partial charge >= 0.3 is 0 Å². The Balaban J connectivity index is 1.89. The Morgan fingerprint density at radius 1 is 1.20 bits per heavy atom. The lowest BCUT2D eigenvalue weighted by Gasteiger charge is -2.08. The summed E-state index contributed by atoms with van der Waals surface area (Å²) in [6.07, 6.45) is 2.37. The van der Waals surface area contributed by atoms with Crippen molar-refractivity contribution < 1.29 is 14.3 Å². The number of rotatable bonds is 1. The van der Waals surface area contributed by atoms with E-state index >= 15 is 0 Å². The third kappa shape index (κ3) is 1.48. The van der Waals surface area contributed by atoms with Crippen LogP contribution in [-0.4, -0.2) is 12.6 Å². The zero-order chi connectivity index (χ0) is 10.3. The van der Waals surface area contributed by atoms with Gasteiger partial charge in [0.25, 0.3) is 0 Å². The van der Waals surface area contributed by atoms with Crippen LogP contribution in [0.5, 0.6) is 11.5 Å². The summed E-state index contributed by atoms with van der Waals surface area (Å²) in [6.45, 7) is 0.308. The van der Waals surface area contributed by atoms with E-state index in [4.69, 9.17) is 9.47 Å². The molecule has 3 rings (SSSR count). The lowest BCUT2D eigenvalue weighted by molar-refractivity contribution is -0.117. The highest BCUT2D eigenvalue weighted by atomic mass is 16.7. The highest BCUT2D eigenvalue weighted by molar-refractivity contribution is 5.81. The van der Waals surface area contributed by atoms with Gasteiger partial charge in [0.15, 0.2) is 11.5 Å². The molecule has 3 nitrogen and oxygen atoms in total. The van der Waals surface area contributed by atoms with Gasteiger partial charge in [0.1, 0.15) is 5.78 Å². The maximum atomic E-state index is 11.2. The minimum absolute atomic E-state index is 0.308. The summed E-state index contributed by atoms with van der Waals surface area (Å²) in [7, 11) is 0. The van der Waals surface area contributed by atoms with Gasteiger partial charge in [0.2, 0.25) is 6.79 Å². The normalized spacial score (nSPS) is 23.5. The SMILES string of the molecule is O=C1CCC(c2ccc3c(c2)OCO3)C1. The number of carbonyl (C=O) groups excluding carboxylic acids is 1. The van der Waals surface area contributed by atoms with Gasteiger partial charge in [0.05, 0.1) is 0 Å². The maximum Gasteiger partial charge on any atom is 0.231 e. The van der Waals surface area contributed by atoms with Gasteiger partial charge in [0, 0.05) is 12.8 Å². The average molecular weight is 204 g/mol. The zero-order valence-electron chi connectivity index (χ0n) is 8.36. The van der Waals surface area contributed by atoms with E-state index in [1.165, 1.54) is 5.56 Å². The van der Waals surface area contributed by atoms with E-state index < -0.39 is 0 Å². The standard InChI is InChI=1S/C12H12O3/c13-10-3-1-8(5-10)9-2-4-11-12(6-9)15-7-14-11/h2,4,6,8H,1,3,5,7H2. The van der Waals surface area contributed by atoms with Crippen molar-refractivity contribution in [3.05, 3.63) is 23.8 Å². The van der Waals surface area contributed by atoms with E-state index in [0.29, 0.717) is 24.9 Å². The van der Waals surface area contributed by atoms with Crippen LogP contribution in [0.25, 0.3) is 0 Å². The summed E-state index contributed by atoms with van der Waals surface area (Å²) in [5.74, 6) is 2.37. The summed E-state index contributed by atoms with van der Waals surface area (Å²) < 4.78 is 10.6. The molecule has 15 heavy (non-hydrogen) atoms. The lowest BCUT2D eigenvalue weighted by atomic mass is 9.97. The largest absolute Gasteiger partial charge is 0.454 e. The highest BCUT2D eigenvalue weighted by Crippen LogP contribution is 2.38. The molecule has 0 spiro atoms. The number of carbonyl (C=O) groups is 1. The molecule has 0 amide bonds. The van der Waals surface area contributed by atoms with E-state index in [1.807, 2.05) is 18.2 Å². The zero-order valence-corrected chi connectivity index (χ0v) is 8.36. The van der Waals surface area contributed by atoms with Crippen molar-refractivity contribution in [3.63, 3.8) is 0 Å². The van der Waals surface area contributed by atoms with E-state index in [2.05, 4.69) is 0 Å². The van der Waals surface area contributed by atoms with Crippen LogP contribution < -0.4 is 9.47 Å². The van der Waals surface area contributed by atoms with Crippen molar-refractivity contribution in [2.45, 2.75) is 25.2 Å². The Bertz CT molecular complexity index is 411. The number of hydrogen-bond acceptors (Lipinski definition) is 3. The van der Waals surface area contributed by atoms with E-state index in [9.17, 15) is 4.79 Å². The van der Waals surface area contributed by atoms with Gasteiger partial charge in [-0.15, -0.1) is 0 Å². The molecule has 1 unspecified atom stereocenters. The van der Waals surface area contributed by atoms with Gasteiger partial charge in [-0.05, 0) is 30.0 Å². The van der Waals surface area contributed by atoms with Crippen molar-refractivity contribution in [3.8, 4) is 11.5 Å². The average Bonchev–Trinajstić information content (AvgIpc) is 2.84. The molecule has 2 aliphatic rings. The Morgan fingerprint density at radius 3 is 2.87 bits per heavy atom. The summed E-state index contributed by atoms with van der Waals surface area (Å²) in [5, 5.41) is 0. The maximum absolute atomic E-state index is 11.2. The smallest absolute Gasteiger partial charge is 0.231 e. The topological polar surface area (TPSA) is 35.5 Å². The number of hydrogen-bond donors (Lipinski definition) is 0. The first-order valence-corrected chi connectivity index (χ1v) is 5.24. The first-order chi connectivity index (χ1) is 7.33.